The van der Waals surface area contributed by atoms with Crippen LogP contribution in [-0.4, -0.2) is 12.7 Å². The molecule has 6 heteroatoms. The third-order valence-corrected chi connectivity index (χ3v) is 7.31. The predicted octanol–water partition coefficient (Wildman–Crippen LogP) is 8.85. The minimum atomic E-state index is -1.24. The molecule has 37 heavy (non-hydrogen) atoms. The van der Waals surface area contributed by atoms with Gasteiger partial charge in [0.25, 0.3) is 0 Å². The molecule has 1 nitrogen and oxygen atoms in total. The average Bonchev–Trinajstić information content (AvgIpc) is 2.89. The molecule has 0 bridgehead atoms. The van der Waals surface area contributed by atoms with E-state index in [1.807, 2.05) is 13.0 Å². The van der Waals surface area contributed by atoms with Gasteiger partial charge in [0, 0.05) is 17.0 Å². The molecule has 2 unspecified atom stereocenters. The summed E-state index contributed by atoms with van der Waals surface area (Å²) in [5.74, 6) is -5.28. The fraction of sp³-hybridized carbons (Fsp3) is 0.419. The van der Waals surface area contributed by atoms with Crippen LogP contribution in [0.5, 0.6) is 0 Å². The summed E-state index contributed by atoms with van der Waals surface area (Å²) < 4.78 is 80.2. The van der Waals surface area contributed by atoms with Crippen molar-refractivity contribution in [1.29, 1.82) is 0 Å². The Morgan fingerprint density at radius 2 is 1.38 bits per heavy atom. The molecule has 1 fully saturated rings. The predicted molar refractivity (Wildman–Crippen MR) is 136 cm³/mol. The topological polar surface area (TPSA) is 9.23 Å². The fourth-order valence-corrected chi connectivity index (χ4v) is 5.19. The van der Waals surface area contributed by atoms with Gasteiger partial charge in [-0.05, 0) is 66.8 Å². The first-order valence-electron chi connectivity index (χ1n) is 13.2. The number of benzene rings is 3. The van der Waals surface area contributed by atoms with E-state index in [4.69, 9.17) is 4.74 Å². The molecule has 0 radical (unpaired) electrons. The van der Waals surface area contributed by atoms with Crippen molar-refractivity contribution in [3.05, 3.63) is 93.8 Å². The molecule has 3 aromatic carbocycles. The largest absolute Gasteiger partial charge is 0.378 e. The van der Waals surface area contributed by atoms with Crippen LogP contribution in [0.4, 0.5) is 22.0 Å². The molecule has 3 aromatic rings. The van der Waals surface area contributed by atoms with Crippen LogP contribution in [0.2, 0.25) is 0 Å². The average molecular weight is 517 g/mol. The number of halogens is 5. The molecule has 2 atom stereocenters. The highest BCUT2D eigenvalue weighted by atomic mass is 19.2. The SMILES string of the molecule is CCCc1ccc(CCc2ccc(-c3ccc(C4CCC(CCC)OC4)c(F)c3F)c(F)c2F)c(F)c1. The summed E-state index contributed by atoms with van der Waals surface area (Å²) in [5, 5.41) is 0. The fourth-order valence-electron chi connectivity index (χ4n) is 5.19. The Labute approximate surface area is 215 Å². The van der Waals surface area contributed by atoms with Crippen LogP contribution in [0.3, 0.4) is 0 Å². The number of rotatable bonds is 9. The van der Waals surface area contributed by atoms with E-state index in [1.165, 1.54) is 30.3 Å². The molecule has 1 heterocycles. The second-order valence-corrected chi connectivity index (χ2v) is 9.92. The first-order valence-corrected chi connectivity index (χ1v) is 13.2. The molecule has 4 rings (SSSR count). The van der Waals surface area contributed by atoms with Crippen molar-refractivity contribution in [2.24, 2.45) is 0 Å². The molecule has 0 amide bonds. The van der Waals surface area contributed by atoms with Gasteiger partial charge in [-0.1, -0.05) is 63.1 Å². The first-order chi connectivity index (χ1) is 17.8. The van der Waals surface area contributed by atoms with Gasteiger partial charge >= 0.3 is 0 Å². The molecular formula is C31H33F5O. The summed E-state index contributed by atoms with van der Waals surface area (Å²) >= 11 is 0. The van der Waals surface area contributed by atoms with Crippen molar-refractivity contribution in [2.75, 3.05) is 6.61 Å². The maximum Gasteiger partial charge on any atom is 0.167 e. The van der Waals surface area contributed by atoms with Gasteiger partial charge in [0.2, 0.25) is 0 Å². The van der Waals surface area contributed by atoms with E-state index in [9.17, 15) is 8.78 Å². The zero-order chi connectivity index (χ0) is 26.5. The number of hydrogen-bond donors (Lipinski definition) is 0. The van der Waals surface area contributed by atoms with Crippen LogP contribution in [0, 0.1) is 29.1 Å². The lowest BCUT2D eigenvalue weighted by Gasteiger charge is -2.29. The molecule has 0 spiro atoms. The normalized spacial score (nSPS) is 17.8. The van der Waals surface area contributed by atoms with E-state index in [2.05, 4.69) is 6.92 Å². The highest BCUT2D eigenvalue weighted by Gasteiger charge is 2.28. The van der Waals surface area contributed by atoms with E-state index < -0.39 is 23.3 Å². The minimum absolute atomic E-state index is 0.0526. The van der Waals surface area contributed by atoms with Crippen LogP contribution in [0.15, 0.2) is 42.5 Å². The van der Waals surface area contributed by atoms with Crippen LogP contribution < -0.4 is 0 Å². The molecule has 1 aliphatic heterocycles. The van der Waals surface area contributed by atoms with Gasteiger partial charge in [-0.2, -0.15) is 0 Å². The summed E-state index contributed by atoms with van der Waals surface area (Å²) in [7, 11) is 0. The van der Waals surface area contributed by atoms with Gasteiger partial charge < -0.3 is 4.74 Å². The molecule has 0 N–H and O–H groups in total. The Balaban J connectivity index is 1.51. The zero-order valence-corrected chi connectivity index (χ0v) is 21.4. The lowest BCUT2D eigenvalue weighted by atomic mass is 9.88. The van der Waals surface area contributed by atoms with Gasteiger partial charge in [-0.15, -0.1) is 0 Å². The second-order valence-electron chi connectivity index (χ2n) is 9.92. The van der Waals surface area contributed by atoms with Gasteiger partial charge in [0.15, 0.2) is 23.3 Å². The monoisotopic (exact) mass is 516 g/mol. The van der Waals surface area contributed by atoms with E-state index in [0.717, 1.165) is 37.7 Å². The zero-order valence-electron chi connectivity index (χ0n) is 21.4. The number of ether oxygens (including phenoxy) is 1. The molecule has 198 valence electrons. The maximum atomic E-state index is 15.1. The van der Waals surface area contributed by atoms with Crippen LogP contribution >= 0.6 is 0 Å². The standard InChI is InChI=1S/C31H33F5O/c1-3-5-19-7-8-20(27(32)17-19)9-10-21-12-14-25(30(35)28(21)33)26-16-15-24(29(34)31(26)36)22-11-13-23(6-4-2)37-18-22/h7-8,12,14-17,22-23H,3-6,9-11,13,18H2,1-2H3. The quantitative estimate of drug-likeness (QED) is 0.258. The van der Waals surface area contributed by atoms with Crippen LogP contribution in [-0.2, 0) is 24.0 Å². The first kappa shape index (κ1) is 27.3. The Bertz CT molecular complexity index is 1230. The summed E-state index contributed by atoms with van der Waals surface area (Å²) in [4.78, 5) is 0. The smallest absolute Gasteiger partial charge is 0.167 e. The molecule has 1 aliphatic rings. The second kappa shape index (κ2) is 12.2. The maximum absolute atomic E-state index is 15.1. The molecule has 1 saturated heterocycles. The van der Waals surface area contributed by atoms with Gasteiger partial charge in [0.05, 0.1) is 12.7 Å². The third-order valence-electron chi connectivity index (χ3n) is 7.31. The van der Waals surface area contributed by atoms with E-state index in [1.54, 1.807) is 6.07 Å². The molecule has 0 saturated carbocycles. The summed E-state index contributed by atoms with van der Waals surface area (Å²) in [6.45, 7) is 4.39. The Morgan fingerprint density at radius 3 is 2.03 bits per heavy atom. The van der Waals surface area contributed by atoms with Gasteiger partial charge in [-0.3, -0.25) is 0 Å². The van der Waals surface area contributed by atoms with Crippen molar-refractivity contribution < 1.29 is 26.7 Å². The van der Waals surface area contributed by atoms with Crippen molar-refractivity contribution >= 4 is 0 Å². The Morgan fingerprint density at radius 1 is 0.703 bits per heavy atom. The number of hydrogen-bond acceptors (Lipinski definition) is 1. The van der Waals surface area contributed by atoms with E-state index in [-0.39, 0.29) is 52.9 Å². The Hall–Kier alpha value is -2.73. The highest BCUT2D eigenvalue weighted by molar-refractivity contribution is 5.66. The van der Waals surface area contributed by atoms with Gasteiger partial charge in [0.1, 0.15) is 5.82 Å². The van der Waals surface area contributed by atoms with Crippen LogP contribution in [0.25, 0.3) is 11.1 Å². The lowest BCUT2D eigenvalue weighted by molar-refractivity contribution is -0.00181. The minimum Gasteiger partial charge on any atom is -0.378 e. The molecule has 0 aliphatic carbocycles. The van der Waals surface area contributed by atoms with Crippen molar-refractivity contribution in [3.8, 4) is 11.1 Å². The third kappa shape index (κ3) is 6.06. The van der Waals surface area contributed by atoms with E-state index >= 15 is 13.2 Å². The number of aryl methyl sites for hydroxylation is 3. The molecule has 0 aromatic heterocycles. The summed E-state index contributed by atoms with van der Waals surface area (Å²) in [5.41, 5.74) is 0.879. The van der Waals surface area contributed by atoms with Crippen molar-refractivity contribution in [1.82, 2.24) is 0 Å². The van der Waals surface area contributed by atoms with Gasteiger partial charge in [-0.25, -0.2) is 22.0 Å². The van der Waals surface area contributed by atoms with Crippen LogP contribution in [0.1, 0.15) is 74.1 Å². The highest BCUT2D eigenvalue weighted by Crippen LogP contribution is 2.36. The Kier molecular flexibility index (Phi) is 9.01. The van der Waals surface area contributed by atoms with Crippen molar-refractivity contribution in [3.63, 3.8) is 0 Å². The summed E-state index contributed by atoms with van der Waals surface area (Å²) in [6.07, 6.45) is 5.45. The van der Waals surface area contributed by atoms with E-state index in [0.29, 0.717) is 18.6 Å². The lowest BCUT2D eigenvalue weighted by Crippen LogP contribution is -2.25. The molecular weight excluding hydrogens is 483 g/mol. The summed E-state index contributed by atoms with van der Waals surface area (Å²) in [6, 6.07) is 10.3. The van der Waals surface area contributed by atoms with Crippen molar-refractivity contribution in [2.45, 2.75) is 77.2 Å².